The van der Waals surface area contributed by atoms with Gasteiger partial charge in [-0.1, -0.05) is 28.0 Å². The van der Waals surface area contributed by atoms with Gasteiger partial charge in [0.15, 0.2) is 5.76 Å². The van der Waals surface area contributed by atoms with E-state index in [0.717, 1.165) is 5.56 Å². The van der Waals surface area contributed by atoms with E-state index < -0.39 is 16.0 Å². The number of urea groups is 1. The van der Waals surface area contributed by atoms with Crippen molar-refractivity contribution in [2.45, 2.75) is 26.7 Å². The van der Waals surface area contributed by atoms with Gasteiger partial charge in [-0.05, 0) is 50.6 Å². The highest BCUT2D eigenvalue weighted by Gasteiger charge is 2.25. The molecule has 0 radical (unpaired) electrons. The molecule has 44 heavy (non-hydrogen) atoms. The number of ether oxygens (including phenoxy) is 1. The lowest BCUT2D eigenvalue weighted by Crippen LogP contribution is -2.50. The van der Waals surface area contributed by atoms with Gasteiger partial charge in [-0.25, -0.2) is 4.79 Å². The Hall–Kier alpha value is -4.80. The summed E-state index contributed by atoms with van der Waals surface area (Å²) in [5.41, 5.74) is 2.59. The molecule has 232 valence electrons. The summed E-state index contributed by atoms with van der Waals surface area (Å²) in [5, 5.41) is 5.55. The number of thiol groups is 1. The van der Waals surface area contributed by atoms with E-state index in [2.05, 4.69) is 31.8 Å². The third kappa shape index (κ3) is 9.10. The van der Waals surface area contributed by atoms with Crippen LogP contribution in [-0.4, -0.2) is 76.0 Å². The van der Waals surface area contributed by atoms with Gasteiger partial charge in [0.05, 0.1) is 18.4 Å². The zero-order chi connectivity index (χ0) is 31.5. The smallest absolute Gasteiger partial charge is 0.317 e. The maximum Gasteiger partial charge on any atom is 0.317 e. The summed E-state index contributed by atoms with van der Waals surface area (Å²) >= 11 is 0. The Morgan fingerprint density at radius 3 is 2.61 bits per heavy atom. The van der Waals surface area contributed by atoms with Crippen molar-refractivity contribution in [3.05, 3.63) is 83.1 Å². The highest BCUT2D eigenvalue weighted by atomic mass is 32.3. The summed E-state index contributed by atoms with van der Waals surface area (Å²) in [6.07, 6.45) is 5.03. The number of esters is 1. The van der Waals surface area contributed by atoms with Gasteiger partial charge in [-0.15, -0.1) is 0 Å². The minimum Gasteiger partial charge on any atom is -0.466 e. The van der Waals surface area contributed by atoms with Gasteiger partial charge in [0.25, 0.3) is 11.8 Å². The molecule has 0 atom stereocenters. The lowest BCUT2D eigenvalue weighted by Gasteiger charge is -2.35. The molecule has 0 spiro atoms. The quantitative estimate of drug-likeness (QED) is 0.128. The van der Waals surface area contributed by atoms with Crippen molar-refractivity contribution < 1.29 is 32.9 Å². The van der Waals surface area contributed by atoms with Crippen molar-refractivity contribution in [1.82, 2.24) is 15.2 Å². The van der Waals surface area contributed by atoms with Gasteiger partial charge in [0, 0.05) is 72.3 Å². The first-order valence-corrected chi connectivity index (χ1v) is 16.2. The van der Waals surface area contributed by atoms with Crippen molar-refractivity contribution in [2.24, 2.45) is 4.36 Å². The van der Waals surface area contributed by atoms with Crippen LogP contribution in [0.4, 0.5) is 10.5 Å². The molecule has 1 fully saturated rings. The molecule has 0 aliphatic carbocycles. The Morgan fingerprint density at radius 1 is 1.11 bits per heavy atom. The van der Waals surface area contributed by atoms with E-state index >= 15 is 0 Å². The number of rotatable bonds is 8. The minimum atomic E-state index is -2.94. The number of hydrogen-bond donors (Lipinski definition) is 4. The molecule has 1 aliphatic rings. The van der Waals surface area contributed by atoms with E-state index in [-0.39, 0.29) is 60.2 Å². The summed E-state index contributed by atoms with van der Waals surface area (Å²) in [4.78, 5) is 54.9. The van der Waals surface area contributed by atoms with E-state index in [1.165, 1.54) is 18.7 Å². The van der Waals surface area contributed by atoms with Crippen LogP contribution in [0.25, 0.3) is 0 Å². The second-order valence-corrected chi connectivity index (χ2v) is 12.9. The highest BCUT2D eigenvalue weighted by Crippen LogP contribution is 2.17. The predicted molar refractivity (Wildman–Crippen MR) is 167 cm³/mol. The first-order chi connectivity index (χ1) is 21.2. The summed E-state index contributed by atoms with van der Waals surface area (Å²) in [6.45, 7) is 4.69. The van der Waals surface area contributed by atoms with Crippen LogP contribution in [-0.2, 0) is 19.6 Å². The molecule has 12 nitrogen and oxygen atoms in total. The standard InChI is InChI=1S/C31H35N5O7S/c1-3-42-27(37)8-5-12-33-31(40)36-13-16-44(41,17-14-36)35-29(38)25-18-24(20-32-21-25)10-9-23-6-4-7-26(19-23)34-30(39)28-22(2)11-15-43-28/h4,6-7,11,15,18-21,44H,3,5,8,12-14,16-17H2,1-2H3,(H,33,40)(H,34,39)(H,35,38,41). The van der Waals surface area contributed by atoms with E-state index in [9.17, 15) is 23.7 Å². The third-order valence-electron chi connectivity index (χ3n) is 6.68. The molecule has 1 saturated heterocycles. The topological polar surface area (TPSA) is 163 Å². The zero-order valence-electron chi connectivity index (χ0n) is 24.5. The third-order valence-corrected chi connectivity index (χ3v) is 9.07. The molecule has 0 saturated carbocycles. The van der Waals surface area contributed by atoms with E-state index in [1.54, 1.807) is 55.1 Å². The number of furan rings is 1. The fraction of sp³-hybridized carbons (Fsp3) is 0.323. The maximum atomic E-state index is 12.9. The molecule has 3 N–H and O–H groups in total. The highest BCUT2D eigenvalue weighted by molar-refractivity contribution is 8.00. The summed E-state index contributed by atoms with van der Waals surface area (Å²) in [6, 6.07) is 9.99. The van der Waals surface area contributed by atoms with Gasteiger partial charge in [-0.2, -0.15) is 4.36 Å². The van der Waals surface area contributed by atoms with Gasteiger partial charge in [0.2, 0.25) is 0 Å². The van der Waals surface area contributed by atoms with Crippen molar-refractivity contribution in [2.75, 3.05) is 43.1 Å². The van der Waals surface area contributed by atoms with Crippen LogP contribution in [0.3, 0.4) is 0 Å². The SMILES string of the molecule is CCOC(=O)CCCNC(=O)N1CC[SH](O)(=NC(=O)c2cncc(C#Cc3cccc(NC(=O)c4occc4C)c3)c2)CC1. The van der Waals surface area contributed by atoms with Crippen LogP contribution in [0, 0.1) is 18.8 Å². The Kier molecular flexibility index (Phi) is 11.0. The van der Waals surface area contributed by atoms with Crippen molar-refractivity contribution in [1.29, 1.82) is 0 Å². The van der Waals surface area contributed by atoms with E-state index in [1.807, 2.05) is 0 Å². The summed E-state index contributed by atoms with van der Waals surface area (Å²) in [7, 11) is -2.94. The number of pyridine rings is 1. The first kappa shape index (κ1) is 32.1. The molecule has 3 aromatic rings. The number of anilines is 1. The number of hydrogen-bond acceptors (Lipinski definition) is 7. The lowest BCUT2D eigenvalue weighted by molar-refractivity contribution is -0.143. The molecule has 1 aromatic carbocycles. The van der Waals surface area contributed by atoms with Crippen molar-refractivity contribution in [3.63, 3.8) is 0 Å². The number of amides is 4. The number of aryl methyl sites for hydroxylation is 1. The Labute approximate surface area is 256 Å². The van der Waals surface area contributed by atoms with Crippen LogP contribution < -0.4 is 10.6 Å². The zero-order valence-corrected chi connectivity index (χ0v) is 25.4. The molecule has 3 heterocycles. The normalized spacial score (nSPS) is 14.4. The van der Waals surface area contributed by atoms with E-state index in [0.29, 0.717) is 36.4 Å². The van der Waals surface area contributed by atoms with Gasteiger partial charge in [0.1, 0.15) is 0 Å². The van der Waals surface area contributed by atoms with Crippen molar-refractivity contribution in [3.8, 4) is 11.8 Å². The molecule has 0 bridgehead atoms. The summed E-state index contributed by atoms with van der Waals surface area (Å²) in [5.74, 6) is 5.36. The molecule has 1 aliphatic heterocycles. The van der Waals surface area contributed by atoms with Crippen LogP contribution >= 0.6 is 0 Å². The first-order valence-electron chi connectivity index (χ1n) is 14.1. The number of benzene rings is 1. The maximum absolute atomic E-state index is 12.9. The minimum absolute atomic E-state index is 0.196. The number of nitrogens with zero attached hydrogens (tertiary/aromatic N) is 3. The molecular weight excluding hydrogens is 586 g/mol. The van der Waals surface area contributed by atoms with Crippen LogP contribution in [0.15, 0.2) is 63.8 Å². The molecule has 13 heteroatoms. The fourth-order valence-corrected chi connectivity index (χ4v) is 6.33. The monoisotopic (exact) mass is 621 g/mol. The molecule has 0 unspecified atom stereocenters. The van der Waals surface area contributed by atoms with Gasteiger partial charge in [-0.3, -0.25) is 19.4 Å². The Balaban J connectivity index is 1.33. The van der Waals surface area contributed by atoms with E-state index in [4.69, 9.17) is 9.15 Å². The lowest BCUT2D eigenvalue weighted by atomic mass is 10.1. The molecule has 4 rings (SSSR count). The number of carbonyl (C=O) groups excluding carboxylic acids is 4. The molecule has 2 aromatic heterocycles. The fourth-order valence-electron chi connectivity index (χ4n) is 4.33. The second kappa shape index (κ2) is 15.1. The Bertz CT molecular complexity index is 1640. The van der Waals surface area contributed by atoms with Gasteiger partial charge >= 0.3 is 12.0 Å². The largest absolute Gasteiger partial charge is 0.466 e. The number of aromatic nitrogens is 1. The van der Waals surface area contributed by atoms with Crippen molar-refractivity contribution >= 4 is 39.6 Å². The van der Waals surface area contributed by atoms with Crippen LogP contribution in [0.1, 0.15) is 57.4 Å². The second-order valence-electron chi connectivity index (χ2n) is 10.0. The summed E-state index contributed by atoms with van der Waals surface area (Å²) < 4.78 is 25.3. The van der Waals surface area contributed by atoms with Gasteiger partial charge < -0.3 is 29.2 Å². The number of carbonyl (C=O) groups is 4. The van der Waals surface area contributed by atoms with Crippen LogP contribution in [0.2, 0.25) is 0 Å². The molecule has 4 amide bonds. The average Bonchev–Trinajstić information content (AvgIpc) is 3.45. The predicted octanol–water partition coefficient (Wildman–Crippen LogP) is 3.69. The number of nitrogens with one attached hydrogen (secondary N) is 2. The molecular formula is C31H35N5O7S. The Morgan fingerprint density at radius 2 is 1.89 bits per heavy atom. The van der Waals surface area contributed by atoms with Crippen LogP contribution in [0.5, 0.6) is 0 Å². The average molecular weight is 622 g/mol.